The molecule has 112 valence electrons. The summed E-state index contributed by atoms with van der Waals surface area (Å²) in [6.45, 7) is 2.04. The van der Waals surface area contributed by atoms with E-state index in [1.54, 1.807) is 30.3 Å². The molecule has 1 aromatic carbocycles. The van der Waals surface area contributed by atoms with Crippen LogP contribution in [0.3, 0.4) is 0 Å². The molecule has 21 heavy (non-hydrogen) atoms. The second-order valence-electron chi connectivity index (χ2n) is 4.45. The Morgan fingerprint density at radius 2 is 2.05 bits per heavy atom. The van der Waals surface area contributed by atoms with Gasteiger partial charge in [-0.25, -0.2) is 9.97 Å². The highest BCUT2D eigenvalue weighted by Crippen LogP contribution is 2.18. The van der Waals surface area contributed by atoms with Gasteiger partial charge in [0.05, 0.1) is 6.10 Å². The summed E-state index contributed by atoms with van der Waals surface area (Å²) in [4.78, 5) is 8.34. The summed E-state index contributed by atoms with van der Waals surface area (Å²) < 4.78 is 5.47. The first-order valence-electron chi connectivity index (χ1n) is 6.33. The van der Waals surface area contributed by atoms with Gasteiger partial charge < -0.3 is 15.6 Å². The van der Waals surface area contributed by atoms with E-state index in [4.69, 9.17) is 22.1 Å². The van der Waals surface area contributed by atoms with Crippen molar-refractivity contribution in [1.82, 2.24) is 9.97 Å². The van der Waals surface area contributed by atoms with Crippen LogP contribution in [0.2, 0.25) is 5.02 Å². The Morgan fingerprint density at radius 3 is 2.71 bits per heavy atom. The molecular weight excluding hydrogens is 310 g/mol. The zero-order valence-electron chi connectivity index (χ0n) is 11.5. The number of aryl methyl sites for hydroxylation is 1. The third-order valence-corrected chi connectivity index (χ3v) is 3.76. The predicted molar refractivity (Wildman–Crippen MR) is 84.9 cm³/mol. The fourth-order valence-electron chi connectivity index (χ4n) is 1.57. The first kappa shape index (κ1) is 15.9. The summed E-state index contributed by atoms with van der Waals surface area (Å²) >= 11 is 7.13. The Morgan fingerprint density at radius 1 is 1.33 bits per heavy atom. The molecule has 3 N–H and O–H groups in total. The van der Waals surface area contributed by atoms with Crippen molar-refractivity contribution in [3.05, 3.63) is 41.0 Å². The summed E-state index contributed by atoms with van der Waals surface area (Å²) in [5.74, 6) is 1.52. The quantitative estimate of drug-likeness (QED) is 0.627. The summed E-state index contributed by atoms with van der Waals surface area (Å²) in [6, 6.07) is 8.69. The number of ether oxygens (including phenoxy) is 1. The topological polar surface area (TPSA) is 81.3 Å². The lowest BCUT2D eigenvalue weighted by molar-refractivity contribution is 0.126. The van der Waals surface area contributed by atoms with Crippen molar-refractivity contribution in [2.24, 2.45) is 0 Å². The van der Waals surface area contributed by atoms with Gasteiger partial charge >= 0.3 is 0 Å². The standard InChI is InChI=1S/C14H16ClN3O2S/c1-9-6-13(16)18-14(17-9)21-8-11(19)7-20-12-4-2-10(15)3-5-12/h2-6,11,19H,7-8H2,1H3,(H2,16,17,18). The van der Waals surface area contributed by atoms with Crippen molar-refractivity contribution < 1.29 is 9.84 Å². The number of nitrogen functional groups attached to an aromatic ring is 1. The van der Waals surface area contributed by atoms with E-state index in [2.05, 4.69) is 9.97 Å². The number of thioether (sulfide) groups is 1. The number of anilines is 1. The minimum Gasteiger partial charge on any atom is -0.491 e. The van der Waals surface area contributed by atoms with Crippen LogP contribution in [0, 0.1) is 6.92 Å². The molecule has 0 radical (unpaired) electrons. The molecule has 2 rings (SSSR count). The first-order chi connectivity index (χ1) is 10.0. The molecule has 0 amide bonds. The van der Waals surface area contributed by atoms with Gasteiger partial charge in [0.1, 0.15) is 18.2 Å². The number of hydrogen-bond donors (Lipinski definition) is 2. The van der Waals surface area contributed by atoms with Crippen molar-refractivity contribution >= 4 is 29.2 Å². The van der Waals surface area contributed by atoms with Crippen LogP contribution in [0.25, 0.3) is 0 Å². The third-order valence-electron chi connectivity index (χ3n) is 2.51. The zero-order valence-corrected chi connectivity index (χ0v) is 13.1. The van der Waals surface area contributed by atoms with Gasteiger partial charge in [0.2, 0.25) is 0 Å². The number of halogens is 1. The number of benzene rings is 1. The first-order valence-corrected chi connectivity index (χ1v) is 7.69. The average molecular weight is 326 g/mol. The van der Waals surface area contributed by atoms with E-state index in [0.29, 0.717) is 27.5 Å². The van der Waals surface area contributed by atoms with Crippen LogP contribution < -0.4 is 10.5 Å². The third kappa shape index (κ3) is 5.41. The van der Waals surface area contributed by atoms with Crippen LogP contribution in [-0.2, 0) is 0 Å². The summed E-state index contributed by atoms with van der Waals surface area (Å²) in [7, 11) is 0. The Labute approximate surface area is 132 Å². The molecule has 0 saturated heterocycles. The van der Waals surface area contributed by atoms with E-state index >= 15 is 0 Å². The highest BCUT2D eigenvalue weighted by molar-refractivity contribution is 7.99. The summed E-state index contributed by atoms with van der Waals surface area (Å²) in [6.07, 6.45) is -0.629. The monoisotopic (exact) mass is 325 g/mol. The molecule has 1 heterocycles. The van der Waals surface area contributed by atoms with Gasteiger partial charge in [-0.15, -0.1) is 0 Å². The van der Waals surface area contributed by atoms with Gasteiger partial charge in [0, 0.05) is 22.5 Å². The Balaban J connectivity index is 1.79. The van der Waals surface area contributed by atoms with Gasteiger partial charge in [0.15, 0.2) is 5.16 Å². The van der Waals surface area contributed by atoms with Gasteiger partial charge in [-0.1, -0.05) is 23.4 Å². The molecule has 0 aliphatic heterocycles. The maximum Gasteiger partial charge on any atom is 0.189 e. The summed E-state index contributed by atoms with van der Waals surface area (Å²) in [5.41, 5.74) is 6.45. The largest absolute Gasteiger partial charge is 0.491 e. The number of aliphatic hydroxyl groups is 1. The van der Waals surface area contributed by atoms with Crippen LogP contribution in [0.1, 0.15) is 5.69 Å². The molecular formula is C14H16ClN3O2S. The number of nitrogens with two attached hydrogens (primary N) is 1. The van der Waals surface area contributed by atoms with Crippen molar-refractivity contribution in [2.75, 3.05) is 18.1 Å². The maximum absolute atomic E-state index is 9.91. The molecule has 0 bridgehead atoms. The normalized spacial score (nSPS) is 12.1. The molecule has 0 spiro atoms. The lowest BCUT2D eigenvalue weighted by atomic mass is 10.3. The van der Waals surface area contributed by atoms with Gasteiger partial charge in [0.25, 0.3) is 0 Å². The molecule has 0 fully saturated rings. The van der Waals surface area contributed by atoms with E-state index in [-0.39, 0.29) is 6.61 Å². The van der Waals surface area contributed by atoms with Gasteiger partial charge in [-0.3, -0.25) is 0 Å². The summed E-state index contributed by atoms with van der Waals surface area (Å²) in [5, 5.41) is 11.1. The lowest BCUT2D eigenvalue weighted by Gasteiger charge is -2.12. The molecule has 7 heteroatoms. The van der Waals surface area contributed by atoms with E-state index in [9.17, 15) is 5.11 Å². The molecule has 5 nitrogen and oxygen atoms in total. The van der Waals surface area contributed by atoms with Gasteiger partial charge in [-0.05, 0) is 31.2 Å². The molecule has 0 aliphatic carbocycles. The fourth-order valence-corrected chi connectivity index (χ4v) is 2.51. The lowest BCUT2D eigenvalue weighted by Crippen LogP contribution is -2.20. The number of nitrogens with zero attached hydrogens (tertiary/aromatic N) is 2. The van der Waals surface area contributed by atoms with Crippen molar-refractivity contribution in [3.8, 4) is 5.75 Å². The molecule has 1 unspecified atom stereocenters. The van der Waals surface area contributed by atoms with Gasteiger partial charge in [-0.2, -0.15) is 0 Å². The Hall–Kier alpha value is -1.50. The number of hydrogen-bond acceptors (Lipinski definition) is 6. The smallest absolute Gasteiger partial charge is 0.189 e. The van der Waals surface area contributed by atoms with E-state index in [1.165, 1.54) is 11.8 Å². The predicted octanol–water partition coefficient (Wildman–Crippen LogP) is 2.55. The molecule has 0 saturated carbocycles. The van der Waals surface area contributed by atoms with Crippen LogP contribution in [0.4, 0.5) is 5.82 Å². The second kappa shape index (κ2) is 7.49. The SMILES string of the molecule is Cc1cc(N)nc(SCC(O)COc2ccc(Cl)cc2)n1. The Bertz CT molecular complexity index is 575. The van der Waals surface area contributed by atoms with Crippen LogP contribution in [-0.4, -0.2) is 33.5 Å². The molecule has 0 aliphatic rings. The van der Waals surface area contributed by atoms with Crippen molar-refractivity contribution in [1.29, 1.82) is 0 Å². The van der Waals surface area contributed by atoms with Crippen molar-refractivity contribution in [3.63, 3.8) is 0 Å². The maximum atomic E-state index is 9.91. The van der Waals surface area contributed by atoms with Crippen LogP contribution in [0.15, 0.2) is 35.5 Å². The van der Waals surface area contributed by atoms with Crippen LogP contribution in [0.5, 0.6) is 5.75 Å². The molecule has 1 atom stereocenters. The Kier molecular flexibility index (Phi) is 5.67. The number of aliphatic hydroxyl groups excluding tert-OH is 1. The van der Waals surface area contributed by atoms with E-state index in [0.717, 1.165) is 5.69 Å². The van der Waals surface area contributed by atoms with E-state index < -0.39 is 6.10 Å². The minimum atomic E-state index is -0.629. The molecule has 1 aromatic heterocycles. The zero-order chi connectivity index (χ0) is 15.2. The highest BCUT2D eigenvalue weighted by Gasteiger charge is 2.09. The minimum absolute atomic E-state index is 0.190. The number of rotatable bonds is 6. The fraction of sp³-hybridized carbons (Fsp3) is 0.286. The molecule has 2 aromatic rings. The average Bonchev–Trinajstić information content (AvgIpc) is 2.43. The van der Waals surface area contributed by atoms with Crippen molar-refractivity contribution in [2.45, 2.75) is 18.2 Å². The van der Waals surface area contributed by atoms with Crippen LogP contribution >= 0.6 is 23.4 Å². The number of aromatic nitrogens is 2. The highest BCUT2D eigenvalue weighted by atomic mass is 35.5. The van der Waals surface area contributed by atoms with E-state index in [1.807, 2.05) is 6.92 Å². The second-order valence-corrected chi connectivity index (χ2v) is 5.87.